The van der Waals surface area contributed by atoms with Crippen LogP contribution in [-0.4, -0.2) is 19.2 Å². The number of rotatable bonds is 7. The topological polar surface area (TPSA) is 66.5 Å². The number of amides is 1. The molecule has 1 amide bonds. The minimum atomic E-state index is -3.82. The van der Waals surface area contributed by atoms with Gasteiger partial charge in [-0.05, 0) is 61.9 Å². The Kier molecular flexibility index (Phi) is 7.40. The summed E-state index contributed by atoms with van der Waals surface area (Å²) in [6, 6.07) is 14.7. The van der Waals surface area contributed by atoms with Crippen LogP contribution >= 0.6 is 0 Å². The molecular weight excluding hydrogens is 396 g/mol. The molecule has 6 heteroatoms. The van der Waals surface area contributed by atoms with Crippen molar-refractivity contribution in [1.29, 1.82) is 0 Å². The van der Waals surface area contributed by atoms with Gasteiger partial charge in [-0.2, -0.15) is 0 Å². The first-order valence-electron chi connectivity index (χ1n) is 9.16. The lowest BCUT2D eigenvalue weighted by Crippen LogP contribution is -2.23. The van der Waals surface area contributed by atoms with Gasteiger partial charge in [-0.15, -0.1) is 0 Å². The fraction of sp³-hybridized carbons (Fsp3) is 0.125. The van der Waals surface area contributed by atoms with E-state index in [2.05, 4.69) is 17.3 Å². The largest absolute Gasteiger partial charge is 0.280 e. The van der Waals surface area contributed by atoms with Crippen LogP contribution in [0, 0.1) is 12.5 Å². The number of carbonyl (C=O) groups is 1. The first kappa shape index (κ1) is 22.7. The number of nitrogens with zero attached hydrogens (tertiary/aromatic N) is 1. The molecule has 0 radical (unpaired) electrons. The fourth-order valence-corrected chi connectivity index (χ4v) is 3.74. The van der Waals surface area contributed by atoms with Gasteiger partial charge in [0.05, 0.1) is 4.90 Å². The minimum absolute atomic E-state index is 0.138. The van der Waals surface area contributed by atoms with Crippen LogP contribution in [0.4, 0.5) is 0 Å². The smallest absolute Gasteiger partial charge is 0.262 e. The molecule has 0 atom stereocenters. The van der Waals surface area contributed by atoms with E-state index in [0.29, 0.717) is 5.70 Å². The standard InChI is InChI=1S/C24H24N2O3S/c1-6-22(14-12-19(5)26(7-2)24(27)16-18(3)4)25-30(28,29)23-15-13-20-10-8-9-11-21(20)17-23/h2,6,8-17,25H,1H2,3-5H3/b19-12+,22-14+. The first-order chi connectivity index (χ1) is 14.2. The molecule has 0 spiro atoms. The number of hydrogen-bond acceptors (Lipinski definition) is 3. The first-order valence-corrected chi connectivity index (χ1v) is 10.6. The molecule has 0 aromatic heterocycles. The lowest BCUT2D eigenvalue weighted by molar-refractivity contribution is -0.121. The Morgan fingerprint density at radius 2 is 1.77 bits per heavy atom. The Labute approximate surface area is 178 Å². The summed E-state index contributed by atoms with van der Waals surface area (Å²) in [7, 11) is -3.82. The number of fused-ring (bicyclic) bond motifs is 1. The molecule has 154 valence electrons. The van der Waals surface area contributed by atoms with Crippen LogP contribution in [0.2, 0.25) is 0 Å². The van der Waals surface area contributed by atoms with E-state index >= 15 is 0 Å². The summed E-state index contributed by atoms with van der Waals surface area (Å²) in [5.41, 5.74) is 1.52. The monoisotopic (exact) mass is 420 g/mol. The molecule has 0 bridgehead atoms. The zero-order chi connectivity index (χ0) is 22.3. The summed E-state index contributed by atoms with van der Waals surface area (Å²) >= 11 is 0. The van der Waals surface area contributed by atoms with Crippen molar-refractivity contribution in [2.75, 3.05) is 0 Å². The van der Waals surface area contributed by atoms with Crippen LogP contribution in [0.25, 0.3) is 10.8 Å². The maximum absolute atomic E-state index is 12.8. The van der Waals surface area contributed by atoms with Gasteiger partial charge in [0.25, 0.3) is 15.9 Å². The molecule has 0 saturated heterocycles. The van der Waals surface area contributed by atoms with Crippen molar-refractivity contribution in [3.63, 3.8) is 0 Å². The van der Waals surface area contributed by atoms with E-state index in [1.54, 1.807) is 45.0 Å². The number of hydrogen-bond donors (Lipinski definition) is 1. The Bertz CT molecular complexity index is 1210. The van der Waals surface area contributed by atoms with E-state index in [1.165, 1.54) is 18.2 Å². The Morgan fingerprint density at radius 3 is 2.37 bits per heavy atom. The molecule has 0 unspecified atom stereocenters. The summed E-state index contributed by atoms with van der Waals surface area (Å²) in [6.45, 7) is 8.90. The lowest BCUT2D eigenvalue weighted by Gasteiger charge is -2.14. The Morgan fingerprint density at radius 1 is 1.10 bits per heavy atom. The number of sulfonamides is 1. The molecule has 0 saturated carbocycles. The third kappa shape index (κ3) is 5.72. The van der Waals surface area contributed by atoms with Crippen LogP contribution in [0.3, 0.4) is 0 Å². The molecule has 0 heterocycles. The van der Waals surface area contributed by atoms with Crippen LogP contribution < -0.4 is 4.72 Å². The summed E-state index contributed by atoms with van der Waals surface area (Å²) in [4.78, 5) is 13.5. The highest BCUT2D eigenvalue weighted by molar-refractivity contribution is 7.89. The zero-order valence-electron chi connectivity index (χ0n) is 17.2. The van der Waals surface area contributed by atoms with E-state index in [1.807, 2.05) is 24.3 Å². The van der Waals surface area contributed by atoms with Gasteiger partial charge in [-0.3, -0.25) is 9.52 Å². The predicted molar refractivity (Wildman–Crippen MR) is 121 cm³/mol. The highest BCUT2D eigenvalue weighted by Gasteiger charge is 2.15. The van der Waals surface area contributed by atoms with E-state index < -0.39 is 10.0 Å². The van der Waals surface area contributed by atoms with E-state index in [-0.39, 0.29) is 16.5 Å². The minimum Gasteiger partial charge on any atom is -0.280 e. The number of nitrogens with one attached hydrogen (secondary N) is 1. The molecular formula is C24H24N2O3S. The van der Waals surface area contributed by atoms with Crippen molar-refractivity contribution < 1.29 is 13.2 Å². The Balaban J connectivity index is 2.29. The van der Waals surface area contributed by atoms with Gasteiger partial charge in [-0.25, -0.2) is 13.3 Å². The van der Waals surface area contributed by atoms with Crippen molar-refractivity contribution >= 4 is 26.7 Å². The number of allylic oxidation sites excluding steroid dienone is 5. The van der Waals surface area contributed by atoms with Crippen molar-refractivity contribution in [3.05, 3.63) is 90.3 Å². The normalized spacial score (nSPS) is 12.1. The van der Waals surface area contributed by atoms with Gasteiger partial charge in [-0.1, -0.05) is 48.9 Å². The number of benzene rings is 2. The average Bonchev–Trinajstić information content (AvgIpc) is 2.70. The molecule has 30 heavy (non-hydrogen) atoms. The van der Waals surface area contributed by atoms with E-state index in [4.69, 9.17) is 6.42 Å². The molecule has 2 aromatic rings. The van der Waals surface area contributed by atoms with Gasteiger partial charge < -0.3 is 0 Å². The van der Waals surface area contributed by atoms with Gasteiger partial charge in [0.1, 0.15) is 0 Å². The van der Waals surface area contributed by atoms with Crippen LogP contribution in [0.1, 0.15) is 20.8 Å². The highest BCUT2D eigenvalue weighted by atomic mass is 32.2. The van der Waals surface area contributed by atoms with Crippen molar-refractivity contribution in [2.45, 2.75) is 25.7 Å². The van der Waals surface area contributed by atoms with E-state index in [0.717, 1.165) is 21.2 Å². The maximum Gasteiger partial charge on any atom is 0.262 e. The molecule has 5 nitrogen and oxygen atoms in total. The number of carbonyl (C=O) groups excluding carboxylic acids is 1. The molecule has 2 aromatic carbocycles. The van der Waals surface area contributed by atoms with Crippen LogP contribution in [0.15, 0.2) is 95.2 Å². The highest BCUT2D eigenvalue weighted by Crippen LogP contribution is 2.19. The van der Waals surface area contributed by atoms with Gasteiger partial charge in [0.2, 0.25) is 0 Å². The molecule has 0 aliphatic carbocycles. The maximum atomic E-state index is 12.8. The second-order valence-corrected chi connectivity index (χ2v) is 8.46. The summed E-state index contributed by atoms with van der Waals surface area (Å²) in [6.07, 6.45) is 11.3. The molecule has 0 aliphatic rings. The van der Waals surface area contributed by atoms with Crippen molar-refractivity contribution in [1.82, 2.24) is 9.62 Å². The average molecular weight is 421 g/mol. The second-order valence-electron chi connectivity index (χ2n) is 6.77. The predicted octanol–water partition coefficient (Wildman–Crippen LogP) is 4.48. The molecule has 0 fully saturated rings. The SMILES string of the molecule is C#CN(C(=O)C=C(C)C)/C(C)=C/C=C(\C=C)NS(=O)(=O)c1ccc2ccccc2c1. The van der Waals surface area contributed by atoms with Crippen LogP contribution in [-0.2, 0) is 14.8 Å². The summed E-state index contributed by atoms with van der Waals surface area (Å²) < 4.78 is 28.1. The zero-order valence-corrected chi connectivity index (χ0v) is 18.0. The molecule has 0 aliphatic heterocycles. The molecule has 1 N–H and O–H groups in total. The fourth-order valence-electron chi connectivity index (χ4n) is 2.63. The van der Waals surface area contributed by atoms with Gasteiger partial charge in [0.15, 0.2) is 0 Å². The quantitative estimate of drug-likeness (QED) is 0.311. The Hall–Kier alpha value is -3.56. The lowest BCUT2D eigenvalue weighted by atomic mass is 10.1. The third-order valence-electron chi connectivity index (χ3n) is 4.12. The second kappa shape index (κ2) is 9.77. The third-order valence-corrected chi connectivity index (χ3v) is 5.50. The number of terminal acetylenes is 1. The van der Waals surface area contributed by atoms with Gasteiger partial charge >= 0.3 is 0 Å². The van der Waals surface area contributed by atoms with Gasteiger partial charge in [0, 0.05) is 23.5 Å². The summed E-state index contributed by atoms with van der Waals surface area (Å²) in [5.74, 6) is -0.350. The molecule has 2 rings (SSSR count). The van der Waals surface area contributed by atoms with E-state index in [9.17, 15) is 13.2 Å². The van der Waals surface area contributed by atoms with Crippen molar-refractivity contribution in [2.24, 2.45) is 0 Å². The van der Waals surface area contributed by atoms with Crippen LogP contribution in [0.5, 0.6) is 0 Å². The summed E-state index contributed by atoms with van der Waals surface area (Å²) in [5, 5.41) is 1.77. The van der Waals surface area contributed by atoms with Crippen molar-refractivity contribution in [3.8, 4) is 12.5 Å².